The lowest BCUT2D eigenvalue weighted by Crippen LogP contribution is -2.14. The second kappa shape index (κ2) is 7.33. The molecule has 0 radical (unpaired) electrons. The largest absolute Gasteiger partial charge is 0.361 e. The van der Waals surface area contributed by atoms with Crippen molar-refractivity contribution in [3.8, 4) is 0 Å². The average Bonchev–Trinajstić information content (AvgIpc) is 2.95. The number of benzene rings is 1. The summed E-state index contributed by atoms with van der Waals surface area (Å²) in [6.45, 7) is 6.44. The normalized spacial score (nSPS) is 11.1. The van der Waals surface area contributed by atoms with E-state index in [0.29, 0.717) is 17.0 Å². The van der Waals surface area contributed by atoms with Crippen LogP contribution in [-0.4, -0.2) is 34.6 Å². The number of nitrogens with zero attached hydrogens (tertiary/aromatic N) is 4. The van der Waals surface area contributed by atoms with E-state index in [1.165, 1.54) is 5.56 Å². The predicted octanol–water partition coefficient (Wildman–Crippen LogP) is 3.77. The van der Waals surface area contributed by atoms with E-state index in [0.717, 1.165) is 5.82 Å². The van der Waals surface area contributed by atoms with E-state index >= 15 is 0 Å². The maximum absolute atomic E-state index is 12.4. The van der Waals surface area contributed by atoms with Crippen LogP contribution in [0.15, 0.2) is 42.6 Å². The first-order valence-corrected chi connectivity index (χ1v) is 8.20. The molecule has 0 aliphatic heterocycles. The van der Waals surface area contributed by atoms with Gasteiger partial charge in [-0.3, -0.25) is 4.79 Å². The molecule has 1 N–H and O–H groups in total. The first-order chi connectivity index (χ1) is 11.7. The minimum absolute atomic E-state index is 0. The summed E-state index contributed by atoms with van der Waals surface area (Å²) in [4.78, 5) is 18.7. The number of amides is 1. The number of fused-ring (bicyclic) bond motifs is 1. The summed E-state index contributed by atoms with van der Waals surface area (Å²) in [6.07, 6.45) is 1.71. The number of imidazole rings is 1. The van der Waals surface area contributed by atoms with Crippen LogP contribution in [0.25, 0.3) is 5.65 Å². The minimum Gasteiger partial charge on any atom is -0.361 e. The summed E-state index contributed by atoms with van der Waals surface area (Å²) >= 11 is 0. The lowest BCUT2D eigenvalue weighted by Gasteiger charge is -2.18. The van der Waals surface area contributed by atoms with E-state index in [1.54, 1.807) is 10.7 Å². The van der Waals surface area contributed by atoms with Crippen molar-refractivity contribution in [2.24, 2.45) is 0 Å². The van der Waals surface area contributed by atoms with Crippen LogP contribution in [0.3, 0.4) is 0 Å². The van der Waals surface area contributed by atoms with E-state index in [2.05, 4.69) is 36.2 Å². The molecule has 0 spiro atoms. The maximum Gasteiger partial charge on any atom is 0.256 e. The first kappa shape index (κ1) is 19.7. The summed E-state index contributed by atoms with van der Waals surface area (Å²) in [6, 6.07) is 11.4. The molecule has 1 amide bonds. The van der Waals surface area contributed by atoms with Gasteiger partial charge in [-0.25, -0.2) is 9.50 Å². The lowest BCUT2D eigenvalue weighted by molar-refractivity contribution is 0.102. The highest BCUT2D eigenvalue weighted by molar-refractivity contribution is 6.03. The van der Waals surface area contributed by atoms with E-state index in [-0.39, 0.29) is 23.7 Å². The number of halogens is 1. The maximum atomic E-state index is 12.4. The lowest BCUT2D eigenvalue weighted by atomic mass is 9.87. The van der Waals surface area contributed by atoms with Crippen LogP contribution in [-0.2, 0) is 5.41 Å². The van der Waals surface area contributed by atoms with E-state index in [9.17, 15) is 4.79 Å². The fourth-order valence-corrected chi connectivity index (χ4v) is 2.48. The van der Waals surface area contributed by atoms with Crippen LogP contribution < -0.4 is 10.2 Å². The minimum atomic E-state index is -0.184. The molecule has 2 heterocycles. The third-order valence-electron chi connectivity index (χ3n) is 4.02. The van der Waals surface area contributed by atoms with Gasteiger partial charge < -0.3 is 10.2 Å². The molecule has 0 saturated carbocycles. The fraction of sp³-hybridized carbons (Fsp3) is 0.316. The molecule has 1 aromatic carbocycles. The molecular weight excluding hydrogens is 350 g/mol. The zero-order valence-corrected chi connectivity index (χ0v) is 16.5. The van der Waals surface area contributed by atoms with E-state index < -0.39 is 0 Å². The number of rotatable bonds is 3. The molecular formula is C19H24ClN5O. The second-order valence-electron chi connectivity index (χ2n) is 7.30. The topological polar surface area (TPSA) is 62.5 Å². The number of carbonyl (C=O) groups is 1. The van der Waals surface area contributed by atoms with Gasteiger partial charge in [0, 0.05) is 19.7 Å². The molecule has 0 unspecified atom stereocenters. The Hall–Kier alpha value is -2.60. The molecule has 26 heavy (non-hydrogen) atoms. The number of carbonyl (C=O) groups excluding carboxylic acids is 1. The van der Waals surface area contributed by atoms with Gasteiger partial charge in [0.25, 0.3) is 5.91 Å². The Morgan fingerprint density at radius 1 is 1.08 bits per heavy atom. The van der Waals surface area contributed by atoms with Gasteiger partial charge in [-0.15, -0.1) is 17.5 Å². The van der Waals surface area contributed by atoms with Crippen LogP contribution in [0, 0.1) is 0 Å². The zero-order valence-electron chi connectivity index (χ0n) is 15.6. The standard InChI is InChI=1S/C19H23N5O.ClH/c1-19(2,3)14-8-6-13(7-9-14)18(25)21-15-12-24-16(20-15)10-11-17(22-24)23(4)5;/h6-12H,1-5H3,(H,21,25);1H. The third kappa shape index (κ3) is 4.14. The Bertz CT molecular complexity index is 910. The van der Waals surface area contributed by atoms with Crippen LogP contribution >= 0.6 is 12.4 Å². The summed E-state index contributed by atoms with van der Waals surface area (Å²) in [5.74, 6) is 1.12. The highest BCUT2D eigenvalue weighted by Gasteiger charge is 2.15. The van der Waals surface area contributed by atoms with Crippen molar-refractivity contribution < 1.29 is 4.79 Å². The van der Waals surface area contributed by atoms with Crippen LogP contribution in [0.4, 0.5) is 11.6 Å². The molecule has 0 saturated heterocycles. The fourth-order valence-electron chi connectivity index (χ4n) is 2.48. The SMILES string of the molecule is CN(C)c1ccc2nc(NC(=O)c3ccc(C(C)(C)C)cc3)cn2n1.Cl. The van der Waals surface area contributed by atoms with Gasteiger partial charge in [-0.05, 0) is 35.2 Å². The van der Waals surface area contributed by atoms with Crippen LogP contribution in [0.1, 0.15) is 36.7 Å². The molecule has 3 aromatic rings. The Kier molecular flexibility index (Phi) is 5.56. The number of anilines is 2. The summed E-state index contributed by atoms with van der Waals surface area (Å²) < 4.78 is 1.66. The molecule has 6 nitrogen and oxygen atoms in total. The molecule has 3 rings (SSSR count). The highest BCUT2D eigenvalue weighted by Crippen LogP contribution is 2.22. The Morgan fingerprint density at radius 2 is 1.73 bits per heavy atom. The molecule has 0 atom stereocenters. The van der Waals surface area contributed by atoms with Crippen molar-refractivity contribution in [3.05, 3.63) is 53.7 Å². The second-order valence-corrected chi connectivity index (χ2v) is 7.30. The summed E-state index contributed by atoms with van der Waals surface area (Å²) in [5.41, 5.74) is 2.54. The number of hydrogen-bond donors (Lipinski definition) is 1. The van der Waals surface area contributed by atoms with Crippen molar-refractivity contribution in [2.45, 2.75) is 26.2 Å². The van der Waals surface area contributed by atoms with Gasteiger partial charge in [0.05, 0.1) is 6.20 Å². The van der Waals surface area contributed by atoms with Crippen molar-refractivity contribution in [3.63, 3.8) is 0 Å². The highest BCUT2D eigenvalue weighted by atomic mass is 35.5. The van der Waals surface area contributed by atoms with E-state index in [1.807, 2.05) is 55.4 Å². The summed E-state index contributed by atoms with van der Waals surface area (Å²) in [5, 5.41) is 7.27. The van der Waals surface area contributed by atoms with Crippen molar-refractivity contribution in [2.75, 3.05) is 24.3 Å². The molecule has 0 aliphatic carbocycles. The quantitative estimate of drug-likeness (QED) is 0.759. The van der Waals surface area contributed by atoms with Crippen molar-refractivity contribution in [1.29, 1.82) is 0 Å². The Morgan fingerprint density at radius 3 is 2.31 bits per heavy atom. The van der Waals surface area contributed by atoms with Gasteiger partial charge in [-0.2, -0.15) is 0 Å². The van der Waals surface area contributed by atoms with Gasteiger partial charge in [0.1, 0.15) is 5.82 Å². The number of hydrogen-bond acceptors (Lipinski definition) is 4. The molecule has 0 fully saturated rings. The molecule has 0 aliphatic rings. The van der Waals surface area contributed by atoms with Crippen molar-refractivity contribution >= 4 is 35.6 Å². The molecule has 0 bridgehead atoms. The van der Waals surface area contributed by atoms with Gasteiger partial charge in [0.15, 0.2) is 11.5 Å². The summed E-state index contributed by atoms with van der Waals surface area (Å²) in [7, 11) is 3.85. The zero-order chi connectivity index (χ0) is 18.2. The smallest absolute Gasteiger partial charge is 0.256 e. The number of aromatic nitrogens is 3. The molecule has 138 valence electrons. The van der Waals surface area contributed by atoms with E-state index in [4.69, 9.17) is 0 Å². The van der Waals surface area contributed by atoms with Crippen LogP contribution in [0.2, 0.25) is 0 Å². The molecule has 2 aromatic heterocycles. The third-order valence-corrected chi connectivity index (χ3v) is 4.02. The Labute approximate surface area is 159 Å². The number of nitrogens with one attached hydrogen (secondary N) is 1. The monoisotopic (exact) mass is 373 g/mol. The predicted molar refractivity (Wildman–Crippen MR) is 108 cm³/mol. The van der Waals surface area contributed by atoms with Gasteiger partial charge in [-0.1, -0.05) is 32.9 Å². The van der Waals surface area contributed by atoms with Gasteiger partial charge in [0.2, 0.25) is 0 Å². The Balaban J connectivity index is 0.00000243. The van der Waals surface area contributed by atoms with Crippen LogP contribution in [0.5, 0.6) is 0 Å². The average molecular weight is 374 g/mol. The first-order valence-electron chi connectivity index (χ1n) is 8.20. The molecule has 7 heteroatoms. The van der Waals surface area contributed by atoms with Crippen molar-refractivity contribution in [1.82, 2.24) is 14.6 Å². The van der Waals surface area contributed by atoms with Gasteiger partial charge >= 0.3 is 0 Å².